The Kier molecular flexibility index (Phi) is 3.70. The first-order valence-corrected chi connectivity index (χ1v) is 7.87. The summed E-state index contributed by atoms with van der Waals surface area (Å²) in [4.78, 5) is 16.7. The van der Waals surface area contributed by atoms with Crippen molar-refractivity contribution in [2.24, 2.45) is 0 Å². The molecule has 0 saturated heterocycles. The van der Waals surface area contributed by atoms with Gasteiger partial charge >= 0.3 is 0 Å². The molecule has 0 aliphatic carbocycles. The standard InChI is InChI=1S/C15H15N3O2S/c16-11-9-17-8-7-13(11)21(20)14-6-5-10-3-1-2-4-12(10)18-15(14)19/h1-4,7-9,14H,5-6,16H2,(H,18,19). The van der Waals surface area contributed by atoms with Crippen LogP contribution in [0.5, 0.6) is 0 Å². The Morgan fingerprint density at radius 2 is 2.10 bits per heavy atom. The zero-order valence-electron chi connectivity index (χ0n) is 11.3. The van der Waals surface area contributed by atoms with E-state index in [0.29, 0.717) is 23.4 Å². The summed E-state index contributed by atoms with van der Waals surface area (Å²) in [5.74, 6) is -0.227. The second-order valence-electron chi connectivity index (χ2n) is 4.88. The number of fused-ring (bicyclic) bond motifs is 1. The van der Waals surface area contributed by atoms with Crippen LogP contribution in [0.15, 0.2) is 47.6 Å². The van der Waals surface area contributed by atoms with Crippen LogP contribution in [0.3, 0.4) is 0 Å². The minimum absolute atomic E-state index is 0.227. The number of pyridine rings is 1. The van der Waals surface area contributed by atoms with Gasteiger partial charge in [0.25, 0.3) is 0 Å². The molecule has 0 fully saturated rings. The molecule has 108 valence electrons. The highest BCUT2D eigenvalue weighted by Crippen LogP contribution is 2.27. The van der Waals surface area contributed by atoms with E-state index in [4.69, 9.17) is 5.73 Å². The first-order valence-electron chi connectivity index (χ1n) is 6.65. The fraction of sp³-hybridized carbons (Fsp3) is 0.200. The van der Waals surface area contributed by atoms with E-state index in [2.05, 4.69) is 10.3 Å². The summed E-state index contributed by atoms with van der Waals surface area (Å²) in [5, 5.41) is 2.24. The molecule has 1 aromatic carbocycles. The number of hydrogen-bond acceptors (Lipinski definition) is 4. The number of amides is 1. The van der Waals surface area contributed by atoms with Crippen LogP contribution in [0.25, 0.3) is 0 Å². The van der Waals surface area contributed by atoms with Crippen LogP contribution in [0.2, 0.25) is 0 Å². The minimum atomic E-state index is -1.49. The molecule has 5 nitrogen and oxygen atoms in total. The molecule has 2 aromatic rings. The van der Waals surface area contributed by atoms with Gasteiger partial charge in [0.2, 0.25) is 5.91 Å². The normalized spacial score (nSPS) is 19.2. The van der Waals surface area contributed by atoms with Crippen molar-refractivity contribution in [1.29, 1.82) is 0 Å². The first-order chi connectivity index (χ1) is 10.2. The van der Waals surface area contributed by atoms with E-state index in [1.807, 2.05) is 24.3 Å². The number of para-hydroxylation sites is 1. The van der Waals surface area contributed by atoms with Gasteiger partial charge in [-0.05, 0) is 30.5 Å². The lowest BCUT2D eigenvalue weighted by Gasteiger charge is -2.14. The van der Waals surface area contributed by atoms with Gasteiger partial charge < -0.3 is 11.1 Å². The molecule has 3 rings (SSSR count). The van der Waals surface area contributed by atoms with Crippen molar-refractivity contribution in [2.45, 2.75) is 23.0 Å². The lowest BCUT2D eigenvalue weighted by molar-refractivity contribution is -0.115. The second kappa shape index (κ2) is 5.65. The quantitative estimate of drug-likeness (QED) is 0.884. The van der Waals surface area contributed by atoms with Crippen LogP contribution in [0, 0.1) is 0 Å². The highest BCUT2D eigenvalue weighted by molar-refractivity contribution is 7.86. The van der Waals surface area contributed by atoms with Gasteiger partial charge in [-0.1, -0.05) is 18.2 Å². The number of aromatic nitrogens is 1. The van der Waals surface area contributed by atoms with E-state index in [1.165, 1.54) is 12.4 Å². The number of rotatable bonds is 2. The first kappa shape index (κ1) is 13.8. The second-order valence-corrected chi connectivity index (χ2v) is 6.49. The maximum atomic E-state index is 12.7. The molecule has 6 heteroatoms. The van der Waals surface area contributed by atoms with Crippen molar-refractivity contribution >= 4 is 28.1 Å². The molecule has 2 unspecified atom stereocenters. The summed E-state index contributed by atoms with van der Waals surface area (Å²) >= 11 is 0. The lowest BCUT2D eigenvalue weighted by atomic mass is 10.1. The Labute approximate surface area is 125 Å². The Bertz CT molecular complexity index is 718. The molecular formula is C15H15N3O2S. The highest BCUT2D eigenvalue weighted by atomic mass is 32.2. The van der Waals surface area contributed by atoms with Gasteiger partial charge in [0, 0.05) is 11.9 Å². The summed E-state index contributed by atoms with van der Waals surface area (Å²) in [6.07, 6.45) is 4.22. The molecular weight excluding hydrogens is 286 g/mol. The molecule has 1 aromatic heterocycles. The predicted molar refractivity (Wildman–Crippen MR) is 82.2 cm³/mol. The van der Waals surface area contributed by atoms with Gasteiger partial charge in [0.15, 0.2) is 0 Å². The van der Waals surface area contributed by atoms with Gasteiger partial charge in [-0.3, -0.25) is 14.0 Å². The number of benzene rings is 1. The van der Waals surface area contributed by atoms with Crippen LogP contribution in [0.4, 0.5) is 11.4 Å². The average molecular weight is 301 g/mol. The molecule has 21 heavy (non-hydrogen) atoms. The Morgan fingerprint density at radius 3 is 2.90 bits per heavy atom. The molecule has 1 aliphatic rings. The molecule has 1 amide bonds. The molecule has 1 aliphatic heterocycles. The van der Waals surface area contributed by atoms with Crippen LogP contribution >= 0.6 is 0 Å². The van der Waals surface area contributed by atoms with Crippen LogP contribution in [-0.4, -0.2) is 20.3 Å². The van der Waals surface area contributed by atoms with Gasteiger partial charge in [-0.15, -0.1) is 0 Å². The summed E-state index contributed by atoms with van der Waals surface area (Å²) in [5.41, 5.74) is 8.02. The molecule has 0 bridgehead atoms. The van der Waals surface area contributed by atoms with E-state index in [9.17, 15) is 9.00 Å². The fourth-order valence-electron chi connectivity index (χ4n) is 2.43. The predicted octanol–water partition coefficient (Wildman–Crippen LogP) is 1.72. The van der Waals surface area contributed by atoms with Gasteiger partial charge in [0.05, 0.1) is 27.6 Å². The zero-order chi connectivity index (χ0) is 14.8. The number of nitrogen functional groups attached to an aromatic ring is 1. The van der Waals surface area contributed by atoms with E-state index in [1.54, 1.807) is 6.07 Å². The summed E-state index contributed by atoms with van der Waals surface area (Å²) in [6, 6.07) is 9.25. The minimum Gasteiger partial charge on any atom is -0.396 e. The third kappa shape index (κ3) is 2.67. The van der Waals surface area contributed by atoms with Gasteiger partial charge in [0.1, 0.15) is 5.25 Å². The largest absolute Gasteiger partial charge is 0.396 e. The SMILES string of the molecule is Nc1cnccc1S(=O)C1CCc2ccccc2NC1=O. The molecule has 2 heterocycles. The van der Waals surface area contributed by atoms with E-state index < -0.39 is 16.0 Å². The van der Waals surface area contributed by atoms with Crippen molar-refractivity contribution in [2.75, 3.05) is 11.1 Å². The van der Waals surface area contributed by atoms with Crippen LogP contribution < -0.4 is 11.1 Å². The van der Waals surface area contributed by atoms with E-state index >= 15 is 0 Å². The Hall–Kier alpha value is -2.21. The number of nitrogens with zero attached hydrogens (tertiary/aromatic N) is 1. The number of aryl methyl sites for hydroxylation is 1. The number of carbonyl (C=O) groups excluding carboxylic acids is 1. The van der Waals surface area contributed by atoms with Crippen molar-refractivity contribution < 1.29 is 9.00 Å². The zero-order valence-corrected chi connectivity index (χ0v) is 12.1. The van der Waals surface area contributed by atoms with Crippen molar-refractivity contribution in [3.63, 3.8) is 0 Å². The third-order valence-corrected chi connectivity index (χ3v) is 5.30. The number of nitrogens with one attached hydrogen (secondary N) is 1. The fourth-order valence-corrected chi connectivity index (χ4v) is 3.80. The Morgan fingerprint density at radius 1 is 1.29 bits per heavy atom. The lowest BCUT2D eigenvalue weighted by Crippen LogP contribution is -2.31. The maximum absolute atomic E-state index is 12.7. The molecule has 2 atom stereocenters. The maximum Gasteiger partial charge on any atom is 0.240 e. The van der Waals surface area contributed by atoms with E-state index in [0.717, 1.165) is 11.3 Å². The molecule has 3 N–H and O–H groups in total. The van der Waals surface area contributed by atoms with Crippen LogP contribution in [0.1, 0.15) is 12.0 Å². The van der Waals surface area contributed by atoms with Crippen molar-refractivity contribution in [3.8, 4) is 0 Å². The number of hydrogen-bond donors (Lipinski definition) is 2. The number of carbonyl (C=O) groups is 1. The van der Waals surface area contributed by atoms with Crippen molar-refractivity contribution in [3.05, 3.63) is 48.3 Å². The number of anilines is 2. The van der Waals surface area contributed by atoms with Crippen molar-refractivity contribution in [1.82, 2.24) is 4.98 Å². The molecule has 0 radical (unpaired) electrons. The average Bonchev–Trinajstić information content (AvgIpc) is 2.65. The highest BCUT2D eigenvalue weighted by Gasteiger charge is 2.30. The topological polar surface area (TPSA) is 85.1 Å². The van der Waals surface area contributed by atoms with E-state index in [-0.39, 0.29) is 5.91 Å². The third-order valence-electron chi connectivity index (χ3n) is 3.53. The monoisotopic (exact) mass is 301 g/mol. The summed E-state index contributed by atoms with van der Waals surface area (Å²) in [6.45, 7) is 0. The van der Waals surface area contributed by atoms with Crippen LogP contribution in [-0.2, 0) is 22.0 Å². The number of nitrogens with two attached hydrogens (primary N) is 1. The summed E-state index contributed by atoms with van der Waals surface area (Å²) < 4.78 is 12.7. The molecule has 0 saturated carbocycles. The summed E-state index contributed by atoms with van der Waals surface area (Å²) in [7, 11) is -1.49. The smallest absolute Gasteiger partial charge is 0.240 e. The van der Waals surface area contributed by atoms with Gasteiger partial charge in [-0.2, -0.15) is 0 Å². The van der Waals surface area contributed by atoms with Gasteiger partial charge in [-0.25, -0.2) is 0 Å². The Balaban J connectivity index is 1.89. The molecule has 0 spiro atoms.